The van der Waals surface area contributed by atoms with Gasteiger partial charge < -0.3 is 34.9 Å². The van der Waals surface area contributed by atoms with E-state index in [4.69, 9.17) is 14.2 Å². The zero-order valence-corrected chi connectivity index (χ0v) is 26.8. The Morgan fingerprint density at radius 1 is 1.26 bits per heavy atom. The van der Waals surface area contributed by atoms with Crippen LogP contribution < -0.4 is 20.1 Å². The number of alkyl carbamates (subject to hydrolysis) is 1. The van der Waals surface area contributed by atoms with Crippen molar-refractivity contribution in [1.82, 2.24) is 20.5 Å². The molecule has 47 heavy (non-hydrogen) atoms. The number of ether oxygens (including phenoxy) is 3. The third-order valence-electron chi connectivity index (χ3n) is 8.99. The zero-order chi connectivity index (χ0) is 33.6. The van der Waals surface area contributed by atoms with Gasteiger partial charge in [0.25, 0.3) is 0 Å². The number of fused-ring (bicyclic) bond motifs is 3. The summed E-state index contributed by atoms with van der Waals surface area (Å²) < 4.78 is 29.8. The van der Waals surface area contributed by atoms with Gasteiger partial charge in [-0.2, -0.15) is 0 Å². The normalized spacial score (nSPS) is 27.0. The van der Waals surface area contributed by atoms with Crippen LogP contribution in [0.15, 0.2) is 36.4 Å². The first kappa shape index (κ1) is 33.9. The van der Waals surface area contributed by atoms with E-state index in [0.717, 1.165) is 17.4 Å². The first-order chi connectivity index (χ1) is 22.6. The van der Waals surface area contributed by atoms with Crippen molar-refractivity contribution in [2.75, 3.05) is 26.4 Å². The minimum Gasteiger partial charge on any atom is -0.488 e. The van der Waals surface area contributed by atoms with E-state index in [1.807, 2.05) is 44.2 Å². The second kappa shape index (κ2) is 15.0. The summed E-state index contributed by atoms with van der Waals surface area (Å²) in [5, 5.41) is 16.3. The van der Waals surface area contributed by atoms with Crippen molar-refractivity contribution in [1.29, 1.82) is 0 Å². The number of hydrogen-bond acceptors (Lipinski definition) is 8. The summed E-state index contributed by atoms with van der Waals surface area (Å²) in [5.41, 5.74) is 0.204. The van der Waals surface area contributed by atoms with Crippen LogP contribution in [0.2, 0.25) is 0 Å². The molecule has 3 heterocycles. The number of carboxylic acids is 1. The maximum Gasteiger partial charge on any atom is 0.407 e. The number of carbonyl (C=O) groups is 4. The summed E-state index contributed by atoms with van der Waals surface area (Å²) in [6.45, 7) is 3.56. The Labute approximate surface area is 273 Å². The maximum absolute atomic E-state index is 13.9. The third-order valence-corrected chi connectivity index (χ3v) is 8.99. The van der Waals surface area contributed by atoms with Gasteiger partial charge in [-0.1, -0.05) is 30.7 Å². The number of allylic oxidation sites excluding steroid dienone is 1. The second-order valence-electron chi connectivity index (χ2n) is 12.4. The van der Waals surface area contributed by atoms with Crippen molar-refractivity contribution < 1.29 is 42.9 Å². The van der Waals surface area contributed by atoms with Crippen LogP contribution in [0.3, 0.4) is 0 Å². The average molecular weight is 655 g/mol. The van der Waals surface area contributed by atoms with Crippen molar-refractivity contribution >= 4 is 34.8 Å². The summed E-state index contributed by atoms with van der Waals surface area (Å²) in [6.07, 6.45) is 5.37. The van der Waals surface area contributed by atoms with E-state index in [1.165, 1.54) is 4.90 Å². The van der Waals surface area contributed by atoms with Crippen LogP contribution in [0.25, 0.3) is 10.9 Å². The van der Waals surface area contributed by atoms with Gasteiger partial charge >= 0.3 is 12.1 Å². The van der Waals surface area contributed by atoms with Crippen LogP contribution in [0.5, 0.6) is 11.6 Å². The molecule has 0 radical (unpaired) electrons. The zero-order valence-electron chi connectivity index (χ0n) is 26.8. The fourth-order valence-electron chi connectivity index (χ4n) is 6.41. The van der Waals surface area contributed by atoms with Crippen molar-refractivity contribution in [2.24, 2.45) is 5.92 Å². The number of aromatic nitrogens is 1. The van der Waals surface area contributed by atoms with Crippen molar-refractivity contribution in [3.8, 4) is 11.6 Å². The van der Waals surface area contributed by atoms with E-state index in [-0.39, 0.29) is 50.7 Å². The van der Waals surface area contributed by atoms with Crippen molar-refractivity contribution in [3.05, 3.63) is 42.0 Å². The highest BCUT2D eigenvalue weighted by Gasteiger charge is 2.61. The molecular weight excluding hydrogens is 611 g/mol. The number of aliphatic carboxylic acids is 1. The Kier molecular flexibility index (Phi) is 10.8. The number of amides is 3. The Bertz CT molecular complexity index is 1520. The minimum absolute atomic E-state index is 0.0631. The standard InChI is InChI=1S/C34H43FN4O8/c1-3-45-28-18-27(25-13-8-10-21(2)30(25)37-28)47-24-17-26-31(41)38-34(32(42)43)19-22(34)11-6-4-5-7-12-23(16-29(40)39(26)20-24)36-33(44)46-15-9-14-35/h6,8,10-11,13,18,22-24,26H,3-5,7,9,12,14-17,19-20H2,1-2H3,(H,36,44)(H,38,41)(H,42,43)/b11-6-/t22-,23+,24-,26+,34-/m1/s1. The predicted octanol–water partition coefficient (Wildman–Crippen LogP) is 4.22. The molecule has 3 N–H and O–H groups in total. The quantitative estimate of drug-likeness (QED) is 0.266. The molecule has 1 aromatic heterocycles. The fourth-order valence-corrected chi connectivity index (χ4v) is 6.41. The van der Waals surface area contributed by atoms with Crippen LogP contribution in [-0.2, 0) is 19.1 Å². The number of aryl methyl sites for hydroxylation is 1. The van der Waals surface area contributed by atoms with Gasteiger partial charge in [-0.15, -0.1) is 0 Å². The van der Waals surface area contributed by atoms with E-state index in [2.05, 4.69) is 15.6 Å². The predicted molar refractivity (Wildman–Crippen MR) is 170 cm³/mol. The number of carbonyl (C=O) groups excluding carboxylic acids is 3. The molecule has 0 bridgehead atoms. The molecule has 12 nitrogen and oxygen atoms in total. The number of hydrogen-bond donors (Lipinski definition) is 3. The minimum atomic E-state index is -1.43. The molecule has 0 spiro atoms. The van der Waals surface area contributed by atoms with Gasteiger partial charge in [0.15, 0.2) is 0 Å². The molecule has 5 atom stereocenters. The first-order valence-corrected chi connectivity index (χ1v) is 16.4. The Morgan fingerprint density at radius 3 is 2.85 bits per heavy atom. The molecule has 1 aromatic carbocycles. The van der Waals surface area contributed by atoms with E-state index >= 15 is 0 Å². The SMILES string of the molecule is CCOc1cc(O[C@@H]2C[C@H]3C(=O)N[C@]4(C(=O)O)C[C@H]4/C=C\CCCC[C@H](NC(=O)OCCCF)CC(=O)N3C2)c2cccc(C)c2n1. The van der Waals surface area contributed by atoms with Gasteiger partial charge in [-0.25, -0.2) is 14.6 Å². The highest BCUT2D eigenvalue weighted by Crippen LogP contribution is 2.45. The van der Waals surface area contributed by atoms with Gasteiger partial charge in [-0.05, 0) is 51.2 Å². The van der Waals surface area contributed by atoms with Crippen LogP contribution in [-0.4, -0.2) is 89.0 Å². The monoisotopic (exact) mass is 654 g/mol. The summed E-state index contributed by atoms with van der Waals surface area (Å²) in [4.78, 5) is 58.6. The lowest BCUT2D eigenvalue weighted by atomic mass is 10.0. The molecule has 1 saturated carbocycles. The smallest absolute Gasteiger partial charge is 0.407 e. The highest BCUT2D eigenvalue weighted by atomic mass is 19.1. The third kappa shape index (κ3) is 7.94. The van der Waals surface area contributed by atoms with E-state index < -0.39 is 48.4 Å². The molecule has 2 aliphatic heterocycles. The molecule has 13 heteroatoms. The van der Waals surface area contributed by atoms with Gasteiger partial charge in [0, 0.05) is 42.7 Å². The number of nitrogens with zero attached hydrogens (tertiary/aromatic N) is 2. The molecule has 254 valence electrons. The number of para-hydroxylation sites is 1. The largest absolute Gasteiger partial charge is 0.488 e. The Hall–Kier alpha value is -4.42. The van der Waals surface area contributed by atoms with Gasteiger partial charge in [0.05, 0.1) is 31.9 Å². The summed E-state index contributed by atoms with van der Waals surface area (Å²) >= 11 is 0. The Balaban J connectivity index is 1.42. The lowest BCUT2D eigenvalue weighted by Gasteiger charge is -2.27. The molecule has 5 rings (SSSR count). The number of benzene rings is 1. The number of nitrogens with one attached hydrogen (secondary N) is 2. The van der Waals surface area contributed by atoms with Gasteiger partial charge in [-0.3, -0.25) is 14.0 Å². The van der Waals surface area contributed by atoms with Crippen LogP contribution in [0, 0.1) is 12.8 Å². The molecule has 1 aliphatic carbocycles. The van der Waals surface area contributed by atoms with Crippen LogP contribution in [0.4, 0.5) is 9.18 Å². The summed E-state index contributed by atoms with van der Waals surface area (Å²) in [7, 11) is 0. The molecular formula is C34H43FN4O8. The molecule has 0 unspecified atom stereocenters. The van der Waals surface area contributed by atoms with Gasteiger partial charge in [0.2, 0.25) is 17.7 Å². The molecule has 3 aliphatic rings. The molecule has 2 fully saturated rings. The van der Waals surface area contributed by atoms with Crippen molar-refractivity contribution in [3.63, 3.8) is 0 Å². The Morgan fingerprint density at radius 2 is 2.09 bits per heavy atom. The number of carboxylic acid groups (broad SMARTS) is 1. The number of halogens is 1. The molecule has 2 aromatic rings. The maximum atomic E-state index is 13.9. The topological polar surface area (TPSA) is 156 Å². The van der Waals surface area contributed by atoms with Crippen molar-refractivity contribution in [2.45, 2.75) is 88.9 Å². The van der Waals surface area contributed by atoms with E-state index in [9.17, 15) is 28.7 Å². The van der Waals surface area contributed by atoms with Crippen LogP contribution in [0.1, 0.15) is 63.9 Å². The fraction of sp³-hybridized carbons (Fsp3) is 0.559. The summed E-state index contributed by atoms with van der Waals surface area (Å²) in [6, 6.07) is 5.81. The number of pyridine rings is 1. The molecule has 1 saturated heterocycles. The highest BCUT2D eigenvalue weighted by molar-refractivity contribution is 5.95. The lowest BCUT2D eigenvalue weighted by Crippen LogP contribution is -2.53. The van der Waals surface area contributed by atoms with Gasteiger partial charge in [0.1, 0.15) is 23.4 Å². The second-order valence-corrected chi connectivity index (χ2v) is 12.4. The number of rotatable bonds is 9. The number of alkyl halides is 1. The first-order valence-electron chi connectivity index (χ1n) is 16.4. The van der Waals surface area contributed by atoms with E-state index in [0.29, 0.717) is 43.0 Å². The van der Waals surface area contributed by atoms with E-state index in [1.54, 1.807) is 6.07 Å². The lowest BCUT2D eigenvalue weighted by molar-refractivity contribution is -0.145. The average Bonchev–Trinajstić information content (AvgIpc) is 3.56. The molecule has 3 amide bonds. The van der Waals surface area contributed by atoms with Crippen LogP contribution >= 0.6 is 0 Å². The summed E-state index contributed by atoms with van der Waals surface area (Å²) in [5.74, 6) is -1.56.